The maximum atomic E-state index is 14.2. The lowest BCUT2D eigenvalue weighted by Gasteiger charge is -2.21. The minimum atomic E-state index is -0.594. The number of carbonyl (C=O) groups excluding carboxylic acids is 3. The van der Waals surface area contributed by atoms with Crippen LogP contribution in [0.1, 0.15) is 88.9 Å². The van der Waals surface area contributed by atoms with Crippen molar-refractivity contribution in [3.05, 3.63) is 101 Å². The number of amides is 2. The molecule has 3 aliphatic rings. The summed E-state index contributed by atoms with van der Waals surface area (Å²) in [5.74, 6) is -0.320. The zero-order valence-corrected chi connectivity index (χ0v) is 23.2. The highest BCUT2D eigenvalue weighted by Gasteiger charge is 2.40. The monoisotopic (exact) mass is 539 g/mol. The summed E-state index contributed by atoms with van der Waals surface area (Å²) in [5, 5.41) is 0. The molecule has 1 aromatic heterocycles. The number of aromatic nitrogens is 1. The quantitative estimate of drug-likeness (QED) is 0.273. The Morgan fingerprint density at radius 2 is 1.45 bits per heavy atom. The lowest BCUT2D eigenvalue weighted by atomic mass is 9.97. The first kappa shape index (κ1) is 27.8. The van der Waals surface area contributed by atoms with Crippen molar-refractivity contribution in [3.63, 3.8) is 0 Å². The fourth-order valence-corrected chi connectivity index (χ4v) is 5.91. The summed E-state index contributed by atoms with van der Waals surface area (Å²) in [6, 6.07) is 20.8. The van der Waals surface area contributed by atoms with Gasteiger partial charge in [-0.3, -0.25) is 9.59 Å². The van der Waals surface area contributed by atoms with Gasteiger partial charge in [0.1, 0.15) is 12.2 Å². The Morgan fingerprint density at radius 3 is 2.15 bits per heavy atom. The van der Waals surface area contributed by atoms with E-state index in [1.54, 1.807) is 0 Å². The van der Waals surface area contributed by atoms with E-state index in [-0.39, 0.29) is 30.9 Å². The summed E-state index contributed by atoms with van der Waals surface area (Å²) in [6.45, 7) is 0.340. The van der Waals surface area contributed by atoms with Gasteiger partial charge in [0.25, 0.3) is 5.91 Å². The van der Waals surface area contributed by atoms with Crippen LogP contribution in [0.2, 0.25) is 0 Å². The third-order valence-corrected chi connectivity index (χ3v) is 8.07. The highest BCUT2D eigenvalue weighted by molar-refractivity contribution is 6.04. The van der Waals surface area contributed by atoms with E-state index in [9.17, 15) is 14.4 Å². The number of imide groups is 1. The summed E-state index contributed by atoms with van der Waals surface area (Å²) >= 11 is 0. The van der Waals surface area contributed by atoms with Crippen molar-refractivity contribution in [1.29, 1.82) is 0 Å². The molecule has 0 N–H and O–H groups in total. The van der Waals surface area contributed by atoms with E-state index >= 15 is 0 Å². The van der Waals surface area contributed by atoms with Gasteiger partial charge < -0.3 is 4.74 Å². The number of ether oxygens (including phenoxy) is 1. The Kier molecular flexibility index (Phi) is 9.38. The highest BCUT2D eigenvalue weighted by Crippen LogP contribution is 2.24. The van der Waals surface area contributed by atoms with Gasteiger partial charge in [0, 0.05) is 17.5 Å². The molecule has 3 heterocycles. The number of hydrogen-bond acceptors (Lipinski definition) is 4. The topological polar surface area (TPSA) is 67.6 Å². The zero-order chi connectivity index (χ0) is 27.7. The Morgan fingerprint density at radius 1 is 0.825 bits per heavy atom. The number of nitrogens with zero attached hydrogens (tertiary/aromatic N) is 2. The number of pyridine rings is 1. The molecule has 2 aliphatic heterocycles. The van der Waals surface area contributed by atoms with Crippen molar-refractivity contribution < 1.29 is 23.7 Å². The number of carbonyl (C=O) groups is 3. The van der Waals surface area contributed by atoms with E-state index in [1.807, 2.05) is 71.3 Å². The average molecular weight is 540 g/mol. The van der Waals surface area contributed by atoms with Crippen LogP contribution in [0.5, 0.6) is 0 Å². The molecule has 6 rings (SSSR count). The first-order chi connectivity index (χ1) is 19.6. The maximum absolute atomic E-state index is 14.2. The van der Waals surface area contributed by atoms with Gasteiger partial charge in [-0.15, -0.1) is 0 Å². The number of fused-ring (bicyclic) bond motifs is 11. The molecule has 0 spiro atoms. The Labute approximate surface area is 237 Å². The number of aryl methyl sites for hydroxylation is 1. The van der Waals surface area contributed by atoms with Crippen LogP contribution in [-0.4, -0.2) is 35.3 Å². The van der Waals surface area contributed by atoms with Crippen LogP contribution >= 0.6 is 0 Å². The van der Waals surface area contributed by atoms with E-state index in [0.29, 0.717) is 24.0 Å². The third-order valence-electron chi connectivity index (χ3n) is 8.07. The van der Waals surface area contributed by atoms with Crippen molar-refractivity contribution in [3.8, 4) is 0 Å². The number of benzene rings is 2. The van der Waals surface area contributed by atoms with Gasteiger partial charge in [0.05, 0.1) is 6.04 Å². The van der Waals surface area contributed by atoms with Crippen molar-refractivity contribution in [2.24, 2.45) is 0 Å². The van der Waals surface area contributed by atoms with Gasteiger partial charge in [0.15, 0.2) is 11.9 Å². The number of cyclic esters (lactones) is 1. The Hall–Kier alpha value is -3.80. The summed E-state index contributed by atoms with van der Waals surface area (Å²) in [7, 11) is 0. The van der Waals surface area contributed by atoms with Crippen LogP contribution in [-0.2, 0) is 30.5 Å². The van der Waals surface area contributed by atoms with Crippen molar-refractivity contribution in [2.75, 3.05) is 6.61 Å². The van der Waals surface area contributed by atoms with Crippen LogP contribution in [0.3, 0.4) is 0 Å². The second-order valence-electron chi connectivity index (χ2n) is 11.0. The molecule has 1 saturated heterocycles. The van der Waals surface area contributed by atoms with E-state index in [1.165, 1.54) is 30.6 Å². The predicted octanol–water partition coefficient (Wildman–Crippen LogP) is 6.28. The molecule has 1 fully saturated rings. The van der Waals surface area contributed by atoms with Crippen molar-refractivity contribution >= 4 is 17.8 Å². The van der Waals surface area contributed by atoms with E-state index in [0.717, 1.165) is 48.9 Å². The molecular formula is C34H39N2O4+. The number of rotatable bonds is 6. The molecule has 6 nitrogen and oxygen atoms in total. The molecule has 2 amide bonds. The molecule has 3 aromatic rings. The van der Waals surface area contributed by atoms with E-state index in [4.69, 9.17) is 4.74 Å². The number of Topliss-reactive ketones (excluding diaryl/α,β-unsaturated/α-hetero) is 1. The largest absolute Gasteiger partial charge is 0.447 e. The highest BCUT2D eigenvalue weighted by atomic mass is 16.6. The predicted molar refractivity (Wildman–Crippen MR) is 153 cm³/mol. The van der Waals surface area contributed by atoms with Gasteiger partial charge in [-0.25, -0.2) is 9.69 Å². The van der Waals surface area contributed by atoms with Crippen LogP contribution in [0.25, 0.3) is 0 Å². The lowest BCUT2D eigenvalue weighted by Crippen LogP contribution is -2.47. The van der Waals surface area contributed by atoms with Crippen molar-refractivity contribution in [1.82, 2.24) is 4.90 Å². The molecule has 0 unspecified atom stereocenters. The summed E-state index contributed by atoms with van der Waals surface area (Å²) in [6.07, 6.45) is 12.6. The molecule has 0 saturated carbocycles. The summed E-state index contributed by atoms with van der Waals surface area (Å²) in [4.78, 5) is 41.8. The smallest absolute Gasteiger partial charge is 0.417 e. The molecule has 1 aliphatic carbocycles. The van der Waals surface area contributed by atoms with Crippen molar-refractivity contribution in [2.45, 2.75) is 83.2 Å². The van der Waals surface area contributed by atoms with Gasteiger partial charge in [-0.1, -0.05) is 99.2 Å². The van der Waals surface area contributed by atoms with Crippen LogP contribution in [0, 0.1) is 0 Å². The van der Waals surface area contributed by atoms with Crippen LogP contribution in [0.4, 0.5) is 4.79 Å². The fourth-order valence-electron chi connectivity index (χ4n) is 5.91. The lowest BCUT2D eigenvalue weighted by molar-refractivity contribution is -0.691. The summed E-state index contributed by atoms with van der Waals surface area (Å²) in [5.41, 5.74) is 4.08. The van der Waals surface area contributed by atoms with E-state index < -0.39 is 6.09 Å². The first-order valence-electron chi connectivity index (χ1n) is 14.8. The van der Waals surface area contributed by atoms with Crippen LogP contribution in [0.15, 0.2) is 72.9 Å². The SMILES string of the molecule is O=C(C[n+]1cc2cc(C(=O)N3C(=O)OC[C@@H]3Cc3ccccc3)c1CCCCCCCCCC2)c1ccccc1. The molecule has 2 aromatic carbocycles. The second kappa shape index (κ2) is 13.5. The molecule has 208 valence electrons. The standard InChI is InChI=1S/C34H39N2O4/c37-32(28-18-12-8-13-19-28)24-35-23-27-17-9-5-3-1-2-4-6-14-20-31(35)30(22-27)33(38)36-29(25-40-34(36)39)21-26-15-10-7-11-16-26/h7-8,10-13,15-16,18-19,22-23,29H,1-6,9,14,17,20-21,24-25H2/q+1/t29-/m0/s1. The molecule has 2 bridgehead atoms. The number of hydrogen-bond donors (Lipinski definition) is 0. The Bertz CT molecular complexity index is 1320. The third kappa shape index (κ3) is 6.85. The minimum absolute atomic E-state index is 0.00560. The normalized spacial score (nSPS) is 18.2. The van der Waals surface area contributed by atoms with E-state index in [2.05, 4.69) is 6.20 Å². The fraction of sp³-hybridized carbons (Fsp3) is 0.412. The van der Waals surface area contributed by atoms with Gasteiger partial charge in [-0.2, -0.15) is 4.57 Å². The first-order valence-corrected chi connectivity index (χ1v) is 14.8. The summed E-state index contributed by atoms with van der Waals surface area (Å²) < 4.78 is 7.39. The maximum Gasteiger partial charge on any atom is 0.417 e. The minimum Gasteiger partial charge on any atom is -0.447 e. The van der Waals surface area contributed by atoms with Gasteiger partial charge in [-0.05, 0) is 37.3 Å². The Balaban J connectivity index is 1.52. The molecular weight excluding hydrogens is 500 g/mol. The van der Waals surface area contributed by atoms with Gasteiger partial charge in [0.2, 0.25) is 12.3 Å². The average Bonchev–Trinajstić information content (AvgIpc) is 3.34. The molecule has 6 heteroatoms. The molecule has 40 heavy (non-hydrogen) atoms. The molecule has 0 radical (unpaired) electrons. The van der Waals surface area contributed by atoms with Gasteiger partial charge >= 0.3 is 6.09 Å². The molecule has 1 atom stereocenters. The second-order valence-corrected chi connectivity index (χ2v) is 11.0. The zero-order valence-electron chi connectivity index (χ0n) is 23.2. The van der Waals surface area contributed by atoms with Crippen LogP contribution < -0.4 is 4.57 Å². The number of ketones is 1.